The standard InChI is InChI=1S/C26H33FN2O2/c1-4-24(26(31)28-23-7-5-6-8-23)29(17-20-11-13-22(27)14-12-20)25(30)16-21-15-18(2)9-10-19(21)3/h9-15,23-24H,4-8,16-17H2,1-3H3,(H,28,31). The molecule has 0 heterocycles. The van der Waals surface area contributed by atoms with Crippen molar-refractivity contribution in [2.24, 2.45) is 0 Å². The largest absolute Gasteiger partial charge is 0.352 e. The lowest BCUT2D eigenvalue weighted by Crippen LogP contribution is -2.51. The Kier molecular flexibility index (Phi) is 7.83. The highest BCUT2D eigenvalue weighted by atomic mass is 19.1. The van der Waals surface area contributed by atoms with E-state index >= 15 is 0 Å². The van der Waals surface area contributed by atoms with Crippen molar-refractivity contribution in [2.75, 3.05) is 0 Å². The molecule has 1 unspecified atom stereocenters. The van der Waals surface area contributed by atoms with Crippen molar-refractivity contribution in [1.29, 1.82) is 0 Å². The molecule has 1 N–H and O–H groups in total. The zero-order valence-corrected chi connectivity index (χ0v) is 18.8. The monoisotopic (exact) mass is 424 g/mol. The number of rotatable bonds is 8. The number of carbonyl (C=O) groups excluding carboxylic acids is 2. The zero-order chi connectivity index (χ0) is 22.4. The van der Waals surface area contributed by atoms with Gasteiger partial charge in [-0.25, -0.2) is 4.39 Å². The Labute approximate surface area is 184 Å². The lowest BCUT2D eigenvalue weighted by atomic mass is 10.0. The number of halogens is 1. The summed E-state index contributed by atoms with van der Waals surface area (Å²) in [5.74, 6) is -0.500. The van der Waals surface area contributed by atoms with Gasteiger partial charge in [-0.05, 0) is 61.9 Å². The van der Waals surface area contributed by atoms with E-state index in [0.29, 0.717) is 6.42 Å². The molecule has 0 aliphatic heterocycles. The Morgan fingerprint density at radius 1 is 1.10 bits per heavy atom. The molecule has 1 fully saturated rings. The molecular formula is C26H33FN2O2. The van der Waals surface area contributed by atoms with Crippen LogP contribution in [0.2, 0.25) is 0 Å². The summed E-state index contributed by atoms with van der Waals surface area (Å²) in [6, 6.07) is 11.9. The maximum absolute atomic E-state index is 13.5. The summed E-state index contributed by atoms with van der Waals surface area (Å²) in [5, 5.41) is 3.15. The van der Waals surface area contributed by atoms with Crippen LogP contribution in [0.25, 0.3) is 0 Å². The van der Waals surface area contributed by atoms with Crippen molar-refractivity contribution < 1.29 is 14.0 Å². The van der Waals surface area contributed by atoms with Gasteiger partial charge in [-0.2, -0.15) is 0 Å². The third-order valence-corrected chi connectivity index (χ3v) is 6.20. The van der Waals surface area contributed by atoms with E-state index in [0.717, 1.165) is 47.9 Å². The van der Waals surface area contributed by atoms with E-state index in [1.165, 1.54) is 12.1 Å². The summed E-state index contributed by atoms with van der Waals surface area (Å²) in [6.45, 7) is 6.21. The summed E-state index contributed by atoms with van der Waals surface area (Å²) in [7, 11) is 0. The van der Waals surface area contributed by atoms with E-state index in [9.17, 15) is 14.0 Å². The van der Waals surface area contributed by atoms with Crippen molar-refractivity contribution in [3.63, 3.8) is 0 Å². The highest BCUT2D eigenvalue weighted by Gasteiger charge is 2.30. The summed E-state index contributed by atoms with van der Waals surface area (Å²) >= 11 is 0. The first kappa shape index (κ1) is 23.0. The topological polar surface area (TPSA) is 49.4 Å². The first-order chi connectivity index (χ1) is 14.9. The molecule has 5 heteroatoms. The quantitative estimate of drug-likeness (QED) is 0.658. The minimum Gasteiger partial charge on any atom is -0.352 e. The summed E-state index contributed by atoms with van der Waals surface area (Å²) in [5.41, 5.74) is 3.94. The first-order valence-corrected chi connectivity index (χ1v) is 11.3. The second kappa shape index (κ2) is 10.6. The lowest BCUT2D eigenvalue weighted by molar-refractivity contribution is -0.141. The average molecular weight is 425 g/mol. The number of amides is 2. The van der Waals surface area contributed by atoms with Crippen molar-refractivity contribution >= 4 is 11.8 Å². The van der Waals surface area contributed by atoms with Crippen LogP contribution in [0.1, 0.15) is 61.3 Å². The number of benzene rings is 2. The van der Waals surface area contributed by atoms with Gasteiger partial charge in [-0.1, -0.05) is 55.7 Å². The predicted molar refractivity (Wildman–Crippen MR) is 121 cm³/mol. The number of nitrogens with zero attached hydrogens (tertiary/aromatic N) is 1. The molecule has 2 aromatic carbocycles. The zero-order valence-electron chi connectivity index (χ0n) is 18.8. The van der Waals surface area contributed by atoms with Crippen LogP contribution in [0, 0.1) is 19.7 Å². The fraction of sp³-hybridized carbons (Fsp3) is 0.462. The lowest BCUT2D eigenvalue weighted by Gasteiger charge is -2.32. The van der Waals surface area contributed by atoms with E-state index in [-0.39, 0.29) is 36.6 Å². The van der Waals surface area contributed by atoms with Crippen molar-refractivity contribution in [3.05, 3.63) is 70.5 Å². The van der Waals surface area contributed by atoms with Gasteiger partial charge in [0.05, 0.1) is 6.42 Å². The fourth-order valence-electron chi connectivity index (χ4n) is 4.33. The van der Waals surface area contributed by atoms with Gasteiger partial charge in [0, 0.05) is 12.6 Å². The van der Waals surface area contributed by atoms with Gasteiger partial charge in [-0.15, -0.1) is 0 Å². The number of hydrogen-bond donors (Lipinski definition) is 1. The smallest absolute Gasteiger partial charge is 0.243 e. The first-order valence-electron chi connectivity index (χ1n) is 11.3. The van der Waals surface area contributed by atoms with Gasteiger partial charge in [0.15, 0.2) is 0 Å². The molecule has 166 valence electrons. The summed E-state index contributed by atoms with van der Waals surface area (Å²) in [4.78, 5) is 28.3. The van der Waals surface area contributed by atoms with Gasteiger partial charge in [-0.3, -0.25) is 9.59 Å². The van der Waals surface area contributed by atoms with Crippen LogP contribution in [0.15, 0.2) is 42.5 Å². The third kappa shape index (κ3) is 6.16. The number of aryl methyl sites for hydroxylation is 2. The van der Waals surface area contributed by atoms with Gasteiger partial charge < -0.3 is 10.2 Å². The second-order valence-corrected chi connectivity index (χ2v) is 8.67. The number of nitrogens with one attached hydrogen (secondary N) is 1. The van der Waals surface area contributed by atoms with Crippen LogP contribution in [0.3, 0.4) is 0 Å². The van der Waals surface area contributed by atoms with Gasteiger partial charge in [0.2, 0.25) is 11.8 Å². The molecule has 2 amide bonds. The Hall–Kier alpha value is -2.69. The van der Waals surface area contributed by atoms with Crippen LogP contribution >= 0.6 is 0 Å². The maximum atomic E-state index is 13.5. The van der Waals surface area contributed by atoms with Crippen LogP contribution < -0.4 is 5.32 Å². The van der Waals surface area contributed by atoms with Crippen LogP contribution in [0.5, 0.6) is 0 Å². The highest BCUT2D eigenvalue weighted by molar-refractivity contribution is 5.88. The second-order valence-electron chi connectivity index (χ2n) is 8.67. The Morgan fingerprint density at radius 2 is 1.77 bits per heavy atom. The third-order valence-electron chi connectivity index (χ3n) is 6.20. The average Bonchev–Trinajstić information content (AvgIpc) is 3.25. The molecule has 0 saturated heterocycles. The van der Waals surface area contributed by atoms with Crippen molar-refractivity contribution in [2.45, 2.75) is 77.9 Å². The molecule has 4 nitrogen and oxygen atoms in total. The molecule has 0 radical (unpaired) electrons. The molecule has 1 aliphatic carbocycles. The molecule has 1 atom stereocenters. The predicted octanol–water partition coefficient (Wildman–Crippen LogP) is 4.85. The highest BCUT2D eigenvalue weighted by Crippen LogP contribution is 2.20. The molecule has 0 bridgehead atoms. The van der Waals surface area contributed by atoms with Crippen LogP contribution in [0.4, 0.5) is 4.39 Å². The van der Waals surface area contributed by atoms with E-state index < -0.39 is 6.04 Å². The SMILES string of the molecule is CCC(C(=O)NC1CCCC1)N(Cc1ccc(F)cc1)C(=O)Cc1cc(C)ccc1C. The Morgan fingerprint density at radius 3 is 2.42 bits per heavy atom. The van der Waals surface area contributed by atoms with E-state index in [1.807, 2.05) is 39.0 Å². The van der Waals surface area contributed by atoms with Crippen molar-refractivity contribution in [1.82, 2.24) is 10.2 Å². The molecule has 2 aromatic rings. The Balaban J connectivity index is 1.84. The van der Waals surface area contributed by atoms with Gasteiger partial charge in [0.1, 0.15) is 11.9 Å². The summed E-state index contributed by atoms with van der Waals surface area (Å²) in [6.07, 6.45) is 5.02. The minimum absolute atomic E-state index is 0.0913. The van der Waals surface area contributed by atoms with Crippen LogP contribution in [-0.4, -0.2) is 28.8 Å². The fourth-order valence-corrected chi connectivity index (χ4v) is 4.33. The van der Waals surface area contributed by atoms with E-state index in [4.69, 9.17) is 0 Å². The molecule has 0 aromatic heterocycles. The maximum Gasteiger partial charge on any atom is 0.243 e. The van der Waals surface area contributed by atoms with Crippen LogP contribution in [-0.2, 0) is 22.6 Å². The summed E-state index contributed by atoms with van der Waals surface area (Å²) < 4.78 is 13.4. The molecule has 3 rings (SSSR count). The van der Waals surface area contributed by atoms with Crippen molar-refractivity contribution in [3.8, 4) is 0 Å². The molecular weight excluding hydrogens is 391 g/mol. The van der Waals surface area contributed by atoms with E-state index in [2.05, 4.69) is 5.32 Å². The minimum atomic E-state index is -0.553. The molecule has 1 saturated carbocycles. The van der Waals surface area contributed by atoms with E-state index in [1.54, 1.807) is 17.0 Å². The Bertz CT molecular complexity index is 904. The van der Waals surface area contributed by atoms with Gasteiger partial charge >= 0.3 is 0 Å². The number of hydrogen-bond acceptors (Lipinski definition) is 2. The molecule has 1 aliphatic rings. The molecule has 0 spiro atoms. The molecule has 31 heavy (non-hydrogen) atoms. The normalized spacial score (nSPS) is 15.0. The number of carbonyl (C=O) groups is 2. The van der Waals surface area contributed by atoms with Gasteiger partial charge in [0.25, 0.3) is 0 Å².